The first-order valence-corrected chi connectivity index (χ1v) is 4.72. The molecule has 0 unspecified atom stereocenters. The minimum absolute atomic E-state index is 0.800. The van der Waals surface area contributed by atoms with Crippen LogP contribution in [-0.4, -0.2) is 19.1 Å². The van der Waals surface area contributed by atoms with Crippen molar-refractivity contribution >= 4 is 12.1 Å². The number of amidine groups is 1. The zero-order valence-corrected chi connectivity index (χ0v) is 9.20. The number of aliphatic imine (C=N–C) groups is 2. The summed E-state index contributed by atoms with van der Waals surface area (Å²) >= 11 is 0. The molecule has 0 radical (unpaired) electrons. The third-order valence-corrected chi connectivity index (χ3v) is 2.31. The molecule has 0 atom stereocenters. The van der Waals surface area contributed by atoms with Crippen LogP contribution in [0.1, 0.15) is 23.6 Å². The van der Waals surface area contributed by atoms with Gasteiger partial charge in [-0.25, -0.2) is 4.99 Å². The number of hydrogen-bond acceptors (Lipinski definition) is 1. The van der Waals surface area contributed by atoms with Crippen molar-refractivity contribution in [2.75, 3.05) is 7.05 Å². The number of aryl methyl sites for hydroxylation is 1. The minimum atomic E-state index is 0.800. The molecular weight excluding hydrogens is 172 g/mol. The average molecular weight is 188 g/mol. The SMILES string of the molecule is CC=NC(=NC)c1cccc(C)c1C. The van der Waals surface area contributed by atoms with Crippen molar-refractivity contribution in [2.45, 2.75) is 20.8 Å². The number of hydrogen-bond donors (Lipinski definition) is 0. The zero-order chi connectivity index (χ0) is 10.6. The highest BCUT2D eigenvalue weighted by molar-refractivity contribution is 6.03. The minimum Gasteiger partial charge on any atom is -0.270 e. The highest BCUT2D eigenvalue weighted by Gasteiger charge is 2.05. The summed E-state index contributed by atoms with van der Waals surface area (Å²) in [4.78, 5) is 8.41. The number of benzene rings is 1. The molecule has 2 heteroatoms. The third kappa shape index (κ3) is 2.08. The lowest BCUT2D eigenvalue weighted by molar-refractivity contribution is 1.30. The Morgan fingerprint density at radius 3 is 2.57 bits per heavy atom. The number of nitrogens with zero attached hydrogens (tertiary/aromatic N) is 2. The molecule has 14 heavy (non-hydrogen) atoms. The molecular formula is C12H16N2. The van der Waals surface area contributed by atoms with Crippen LogP contribution in [0.2, 0.25) is 0 Å². The molecule has 0 fully saturated rings. The highest BCUT2D eigenvalue weighted by atomic mass is 14.9. The van der Waals surface area contributed by atoms with E-state index < -0.39 is 0 Å². The molecule has 0 bridgehead atoms. The van der Waals surface area contributed by atoms with Crippen molar-refractivity contribution in [3.63, 3.8) is 0 Å². The predicted molar refractivity (Wildman–Crippen MR) is 62.5 cm³/mol. The fourth-order valence-electron chi connectivity index (χ4n) is 1.36. The van der Waals surface area contributed by atoms with Crippen LogP contribution in [-0.2, 0) is 0 Å². The quantitative estimate of drug-likeness (QED) is 0.478. The molecule has 0 saturated carbocycles. The molecule has 0 aliphatic heterocycles. The van der Waals surface area contributed by atoms with Gasteiger partial charge in [-0.15, -0.1) is 0 Å². The second-order valence-corrected chi connectivity index (χ2v) is 3.18. The standard InChI is InChI=1S/C12H16N2/c1-5-14-12(13-4)11-8-6-7-9(2)10(11)3/h5-8H,1-4H3. The second kappa shape index (κ2) is 4.70. The van der Waals surface area contributed by atoms with Crippen molar-refractivity contribution in [1.82, 2.24) is 0 Å². The van der Waals surface area contributed by atoms with Gasteiger partial charge >= 0.3 is 0 Å². The van der Waals surface area contributed by atoms with Gasteiger partial charge in [0.1, 0.15) is 0 Å². The van der Waals surface area contributed by atoms with E-state index in [2.05, 4.69) is 36.0 Å². The van der Waals surface area contributed by atoms with Gasteiger partial charge in [0, 0.05) is 18.8 Å². The maximum Gasteiger partial charge on any atom is 0.154 e. The molecule has 1 rings (SSSR count). The molecule has 0 aromatic heterocycles. The molecule has 0 N–H and O–H groups in total. The van der Waals surface area contributed by atoms with Crippen molar-refractivity contribution in [3.8, 4) is 0 Å². The van der Waals surface area contributed by atoms with E-state index in [1.165, 1.54) is 11.1 Å². The van der Waals surface area contributed by atoms with Crippen LogP contribution in [0.25, 0.3) is 0 Å². The van der Waals surface area contributed by atoms with E-state index in [9.17, 15) is 0 Å². The van der Waals surface area contributed by atoms with Gasteiger partial charge in [-0.3, -0.25) is 4.99 Å². The molecule has 1 aromatic rings. The Balaban J connectivity index is 3.24. The van der Waals surface area contributed by atoms with E-state index in [4.69, 9.17) is 0 Å². The van der Waals surface area contributed by atoms with Crippen molar-refractivity contribution in [3.05, 3.63) is 34.9 Å². The van der Waals surface area contributed by atoms with E-state index in [1.54, 1.807) is 13.3 Å². The van der Waals surface area contributed by atoms with Gasteiger partial charge in [-0.1, -0.05) is 18.2 Å². The van der Waals surface area contributed by atoms with Gasteiger partial charge in [0.15, 0.2) is 5.84 Å². The highest BCUT2D eigenvalue weighted by Crippen LogP contribution is 2.14. The molecule has 74 valence electrons. The monoisotopic (exact) mass is 188 g/mol. The lowest BCUT2D eigenvalue weighted by Gasteiger charge is -2.07. The van der Waals surface area contributed by atoms with Crippen LogP contribution in [0.15, 0.2) is 28.2 Å². The van der Waals surface area contributed by atoms with Crippen molar-refractivity contribution in [1.29, 1.82) is 0 Å². The second-order valence-electron chi connectivity index (χ2n) is 3.18. The summed E-state index contributed by atoms with van der Waals surface area (Å²) in [5.74, 6) is 0.800. The predicted octanol–water partition coefficient (Wildman–Crippen LogP) is 2.77. The summed E-state index contributed by atoms with van der Waals surface area (Å²) in [6.07, 6.45) is 1.77. The maximum absolute atomic E-state index is 4.24. The Morgan fingerprint density at radius 2 is 2.00 bits per heavy atom. The summed E-state index contributed by atoms with van der Waals surface area (Å²) in [5.41, 5.74) is 3.64. The first kappa shape index (κ1) is 10.6. The number of rotatable bonds is 1. The lowest BCUT2D eigenvalue weighted by Crippen LogP contribution is -2.01. The zero-order valence-electron chi connectivity index (χ0n) is 9.20. The van der Waals surface area contributed by atoms with Crippen LogP contribution in [0, 0.1) is 13.8 Å². The van der Waals surface area contributed by atoms with Crippen molar-refractivity contribution < 1.29 is 0 Å². The van der Waals surface area contributed by atoms with Crippen molar-refractivity contribution in [2.24, 2.45) is 9.98 Å². The molecule has 0 spiro atoms. The van der Waals surface area contributed by atoms with E-state index in [0.29, 0.717) is 0 Å². The smallest absolute Gasteiger partial charge is 0.154 e. The van der Waals surface area contributed by atoms with E-state index in [1.807, 2.05) is 13.0 Å². The first-order valence-electron chi connectivity index (χ1n) is 4.72. The van der Waals surface area contributed by atoms with Gasteiger partial charge in [0.25, 0.3) is 0 Å². The van der Waals surface area contributed by atoms with E-state index in [-0.39, 0.29) is 0 Å². The Bertz CT molecular complexity index is 376. The Kier molecular flexibility index (Phi) is 3.57. The topological polar surface area (TPSA) is 24.7 Å². The summed E-state index contributed by atoms with van der Waals surface area (Å²) in [6.45, 7) is 6.10. The Hall–Kier alpha value is -1.44. The van der Waals surface area contributed by atoms with Crippen LogP contribution in [0.3, 0.4) is 0 Å². The Labute approximate surface area is 85.4 Å². The summed E-state index contributed by atoms with van der Waals surface area (Å²) in [7, 11) is 1.77. The molecule has 1 aromatic carbocycles. The summed E-state index contributed by atoms with van der Waals surface area (Å²) < 4.78 is 0. The molecule has 2 nitrogen and oxygen atoms in total. The van der Waals surface area contributed by atoms with Crippen LogP contribution in [0.4, 0.5) is 0 Å². The molecule has 0 saturated heterocycles. The van der Waals surface area contributed by atoms with Crippen LogP contribution in [0.5, 0.6) is 0 Å². The molecule has 0 aliphatic carbocycles. The van der Waals surface area contributed by atoms with Gasteiger partial charge in [0.2, 0.25) is 0 Å². The summed E-state index contributed by atoms with van der Waals surface area (Å²) in [6, 6.07) is 6.19. The fraction of sp³-hybridized carbons (Fsp3) is 0.333. The lowest BCUT2D eigenvalue weighted by atomic mass is 10.0. The van der Waals surface area contributed by atoms with E-state index >= 15 is 0 Å². The maximum atomic E-state index is 4.24. The average Bonchev–Trinajstić information content (AvgIpc) is 2.19. The van der Waals surface area contributed by atoms with Crippen LogP contribution >= 0.6 is 0 Å². The Morgan fingerprint density at radius 1 is 1.29 bits per heavy atom. The summed E-state index contributed by atoms with van der Waals surface area (Å²) in [5, 5.41) is 0. The first-order chi connectivity index (χ1) is 6.70. The van der Waals surface area contributed by atoms with Gasteiger partial charge in [-0.05, 0) is 31.9 Å². The normalized spacial score (nSPS) is 12.4. The van der Waals surface area contributed by atoms with E-state index in [0.717, 1.165) is 11.4 Å². The van der Waals surface area contributed by atoms with Gasteiger partial charge in [0.05, 0.1) is 0 Å². The molecule has 0 heterocycles. The van der Waals surface area contributed by atoms with Gasteiger partial charge < -0.3 is 0 Å². The molecule has 0 aliphatic rings. The largest absolute Gasteiger partial charge is 0.270 e. The van der Waals surface area contributed by atoms with Crippen LogP contribution < -0.4 is 0 Å². The third-order valence-electron chi connectivity index (χ3n) is 2.31. The fourth-order valence-corrected chi connectivity index (χ4v) is 1.36. The van der Waals surface area contributed by atoms with Gasteiger partial charge in [-0.2, -0.15) is 0 Å². The molecule has 0 amide bonds.